The molecule has 142 valence electrons. The topological polar surface area (TPSA) is 90.0 Å². The second kappa shape index (κ2) is 7.58. The van der Waals surface area contributed by atoms with Gasteiger partial charge in [0.15, 0.2) is 6.61 Å². The van der Waals surface area contributed by atoms with E-state index >= 15 is 0 Å². The van der Waals surface area contributed by atoms with Crippen LogP contribution in [0.4, 0.5) is 0 Å². The minimum Gasteiger partial charge on any atom is -0.480 e. The molecule has 7 nitrogen and oxygen atoms in total. The zero-order valence-corrected chi connectivity index (χ0v) is 15.9. The van der Waals surface area contributed by atoms with E-state index in [2.05, 4.69) is 0 Å². The Kier molecular flexibility index (Phi) is 5.38. The summed E-state index contributed by atoms with van der Waals surface area (Å²) in [6.45, 7) is 0.923. The first-order chi connectivity index (χ1) is 12.8. The molecule has 0 aliphatic carbocycles. The largest absolute Gasteiger partial charge is 0.480 e. The molecule has 1 amide bonds. The van der Waals surface area contributed by atoms with Gasteiger partial charge in [-0.3, -0.25) is 4.79 Å². The molecule has 0 aromatic heterocycles. The summed E-state index contributed by atoms with van der Waals surface area (Å²) in [4.78, 5) is 24.0. The van der Waals surface area contributed by atoms with E-state index in [0.29, 0.717) is 15.1 Å². The lowest BCUT2D eigenvalue weighted by molar-refractivity contribution is -0.146. The van der Waals surface area contributed by atoms with E-state index < -0.39 is 21.9 Å². The molecule has 1 heterocycles. The van der Waals surface area contributed by atoms with Crippen LogP contribution in [-0.2, 0) is 19.6 Å². The summed E-state index contributed by atoms with van der Waals surface area (Å²) in [5.41, 5.74) is 1.03. The number of hydrogen-bond donors (Lipinski definition) is 0. The number of halogens is 1. The van der Waals surface area contributed by atoms with E-state index in [1.54, 1.807) is 30.3 Å². The number of hydrogen-bond acceptors (Lipinski definition) is 6. The van der Waals surface area contributed by atoms with E-state index in [0.717, 1.165) is 5.56 Å². The van der Waals surface area contributed by atoms with Crippen LogP contribution in [0.1, 0.15) is 15.9 Å². The van der Waals surface area contributed by atoms with E-state index in [-0.39, 0.29) is 30.2 Å². The van der Waals surface area contributed by atoms with Crippen molar-refractivity contribution in [3.05, 3.63) is 58.6 Å². The van der Waals surface area contributed by atoms with Crippen LogP contribution in [0.2, 0.25) is 5.02 Å². The smallest absolute Gasteiger partial charge is 0.344 e. The molecule has 3 rings (SSSR count). The van der Waals surface area contributed by atoms with Crippen molar-refractivity contribution in [2.24, 2.45) is 0 Å². The van der Waals surface area contributed by atoms with Crippen LogP contribution in [0.3, 0.4) is 0 Å². The van der Waals surface area contributed by atoms with Gasteiger partial charge in [-0.1, -0.05) is 29.8 Å². The molecule has 27 heavy (non-hydrogen) atoms. The van der Waals surface area contributed by atoms with Crippen LogP contribution in [0.25, 0.3) is 0 Å². The molecule has 0 saturated carbocycles. The van der Waals surface area contributed by atoms with Gasteiger partial charge in [0.05, 0.1) is 17.1 Å². The first kappa shape index (κ1) is 19.2. The number of nitrogens with zero attached hydrogens (tertiary/aromatic N) is 1. The highest BCUT2D eigenvalue weighted by Crippen LogP contribution is 2.29. The van der Waals surface area contributed by atoms with Crippen molar-refractivity contribution in [2.45, 2.75) is 11.8 Å². The van der Waals surface area contributed by atoms with Gasteiger partial charge in [0.2, 0.25) is 0 Å². The third-order valence-corrected chi connectivity index (χ3v) is 6.05. The third-order valence-electron chi connectivity index (χ3n) is 3.90. The van der Waals surface area contributed by atoms with Gasteiger partial charge in [0, 0.05) is 0 Å². The molecule has 0 bridgehead atoms. The van der Waals surface area contributed by atoms with Crippen LogP contribution in [0, 0.1) is 6.92 Å². The Bertz CT molecular complexity index is 1000. The van der Waals surface area contributed by atoms with Crippen molar-refractivity contribution < 1.29 is 27.5 Å². The summed E-state index contributed by atoms with van der Waals surface area (Å²) < 4.78 is 35.7. The predicted octanol–water partition coefficient (Wildman–Crippen LogP) is 2.42. The van der Waals surface area contributed by atoms with Gasteiger partial charge in [0.25, 0.3) is 15.9 Å². The van der Waals surface area contributed by atoms with E-state index in [9.17, 15) is 18.0 Å². The van der Waals surface area contributed by atoms with Crippen molar-refractivity contribution in [3.63, 3.8) is 0 Å². The summed E-state index contributed by atoms with van der Waals surface area (Å²) in [6, 6.07) is 11.1. The Balaban J connectivity index is 1.54. The molecule has 0 spiro atoms. The van der Waals surface area contributed by atoms with Crippen LogP contribution in [-0.4, -0.2) is 44.4 Å². The maximum atomic E-state index is 12.4. The van der Waals surface area contributed by atoms with Crippen LogP contribution in [0.15, 0.2) is 47.4 Å². The SMILES string of the molecule is Cc1ccc(Cl)c(OCC(=O)OCCN2C(=O)c3ccccc3S2(=O)=O)c1. The van der Waals surface area contributed by atoms with Crippen LogP contribution >= 0.6 is 11.6 Å². The van der Waals surface area contributed by atoms with E-state index in [1.807, 2.05) is 6.92 Å². The number of carbonyl (C=O) groups is 2. The molecule has 1 aliphatic rings. The highest BCUT2D eigenvalue weighted by Gasteiger charge is 2.40. The van der Waals surface area contributed by atoms with Gasteiger partial charge in [-0.05, 0) is 36.8 Å². The lowest BCUT2D eigenvalue weighted by atomic mass is 10.2. The summed E-state index contributed by atoms with van der Waals surface area (Å²) in [6.07, 6.45) is 0. The number of amides is 1. The lowest BCUT2D eigenvalue weighted by Gasteiger charge is -2.15. The molecule has 1 aliphatic heterocycles. The normalized spacial score (nSPS) is 14.7. The molecule has 0 atom stereocenters. The molecule has 0 unspecified atom stereocenters. The van der Waals surface area contributed by atoms with Crippen molar-refractivity contribution in [1.29, 1.82) is 0 Å². The zero-order chi connectivity index (χ0) is 19.6. The van der Waals surface area contributed by atoms with Crippen molar-refractivity contribution in [2.75, 3.05) is 19.8 Å². The zero-order valence-electron chi connectivity index (χ0n) is 14.3. The molecule has 0 fully saturated rings. The molecule has 0 radical (unpaired) electrons. The number of esters is 1. The average Bonchev–Trinajstić information content (AvgIpc) is 2.83. The van der Waals surface area contributed by atoms with Gasteiger partial charge in [-0.25, -0.2) is 17.5 Å². The van der Waals surface area contributed by atoms with Crippen molar-refractivity contribution in [1.82, 2.24) is 4.31 Å². The third kappa shape index (κ3) is 3.91. The highest BCUT2D eigenvalue weighted by molar-refractivity contribution is 7.90. The number of sulfonamides is 1. The quantitative estimate of drug-likeness (QED) is 0.680. The van der Waals surface area contributed by atoms with Gasteiger partial charge < -0.3 is 9.47 Å². The van der Waals surface area contributed by atoms with Gasteiger partial charge in [-0.15, -0.1) is 0 Å². The van der Waals surface area contributed by atoms with Crippen molar-refractivity contribution in [3.8, 4) is 5.75 Å². The van der Waals surface area contributed by atoms with Crippen LogP contribution in [0.5, 0.6) is 5.75 Å². The minimum atomic E-state index is -3.92. The standard InChI is InChI=1S/C18H16ClNO6S/c1-12-6-7-14(19)15(10-12)26-11-17(21)25-9-8-20-18(22)13-4-2-3-5-16(13)27(20,23)24/h2-7,10H,8-9,11H2,1H3. The monoisotopic (exact) mass is 409 g/mol. The molecule has 0 saturated heterocycles. The average molecular weight is 410 g/mol. The Hall–Kier alpha value is -2.58. The Labute approximate surface area is 161 Å². The molecule has 9 heteroatoms. The lowest BCUT2D eigenvalue weighted by Crippen LogP contribution is -2.34. The van der Waals surface area contributed by atoms with Crippen molar-refractivity contribution >= 4 is 33.5 Å². The number of aryl methyl sites for hydroxylation is 1. The number of rotatable bonds is 6. The number of ether oxygens (including phenoxy) is 2. The molecule has 0 N–H and O–H groups in total. The maximum Gasteiger partial charge on any atom is 0.344 e. The first-order valence-electron chi connectivity index (χ1n) is 8.01. The highest BCUT2D eigenvalue weighted by atomic mass is 35.5. The fourth-order valence-corrected chi connectivity index (χ4v) is 4.32. The fraction of sp³-hybridized carbons (Fsp3) is 0.222. The Morgan fingerprint density at radius 2 is 1.93 bits per heavy atom. The second-order valence-electron chi connectivity index (χ2n) is 5.82. The summed E-state index contributed by atoms with van der Waals surface area (Å²) in [7, 11) is -3.92. The summed E-state index contributed by atoms with van der Waals surface area (Å²) in [5, 5.41) is 0.361. The molecular weight excluding hydrogens is 394 g/mol. The summed E-state index contributed by atoms with van der Waals surface area (Å²) >= 11 is 5.97. The second-order valence-corrected chi connectivity index (χ2v) is 8.06. The molecular formula is C18H16ClNO6S. The number of benzene rings is 2. The van der Waals surface area contributed by atoms with E-state index in [1.165, 1.54) is 12.1 Å². The van der Waals surface area contributed by atoms with Gasteiger partial charge >= 0.3 is 5.97 Å². The Morgan fingerprint density at radius 3 is 2.67 bits per heavy atom. The number of carbonyl (C=O) groups excluding carboxylic acids is 2. The van der Waals surface area contributed by atoms with Gasteiger partial charge in [0.1, 0.15) is 17.3 Å². The molecule has 2 aromatic carbocycles. The predicted molar refractivity (Wildman–Crippen MR) is 97.3 cm³/mol. The van der Waals surface area contributed by atoms with Crippen LogP contribution < -0.4 is 4.74 Å². The first-order valence-corrected chi connectivity index (χ1v) is 9.83. The van der Waals surface area contributed by atoms with E-state index in [4.69, 9.17) is 21.1 Å². The number of fused-ring (bicyclic) bond motifs is 1. The fourth-order valence-electron chi connectivity index (χ4n) is 2.59. The van der Waals surface area contributed by atoms with Gasteiger partial charge in [-0.2, -0.15) is 0 Å². The maximum absolute atomic E-state index is 12.4. The minimum absolute atomic E-state index is 0.0428. The molecule has 2 aromatic rings. The summed E-state index contributed by atoms with van der Waals surface area (Å²) in [5.74, 6) is -0.986. The Morgan fingerprint density at radius 1 is 1.19 bits per heavy atom.